The summed E-state index contributed by atoms with van der Waals surface area (Å²) in [6.45, 7) is 0. The van der Waals surface area contributed by atoms with E-state index in [1.807, 2.05) is 49.6 Å². The third kappa shape index (κ3) is 2.59. The highest BCUT2D eigenvalue weighted by atomic mass is 16.5. The molecule has 0 bridgehead atoms. The highest BCUT2D eigenvalue weighted by molar-refractivity contribution is 5.86. The van der Waals surface area contributed by atoms with E-state index in [4.69, 9.17) is 14.2 Å². The van der Waals surface area contributed by atoms with E-state index >= 15 is 0 Å². The molecule has 138 valence electrons. The second-order valence-corrected chi connectivity index (χ2v) is 5.92. The number of nitrogens with zero attached hydrogens (tertiary/aromatic N) is 3. The minimum absolute atomic E-state index is 0.556. The van der Waals surface area contributed by atoms with Gasteiger partial charge in [-0.2, -0.15) is 0 Å². The second-order valence-electron chi connectivity index (χ2n) is 5.92. The summed E-state index contributed by atoms with van der Waals surface area (Å²) in [5, 5.41) is 3.13. The summed E-state index contributed by atoms with van der Waals surface area (Å²) in [7, 11) is 6.64. The quantitative estimate of drug-likeness (QED) is 0.583. The molecule has 2 aromatic heterocycles. The summed E-state index contributed by atoms with van der Waals surface area (Å²) >= 11 is 0. The van der Waals surface area contributed by atoms with E-state index in [1.165, 1.54) is 0 Å². The fourth-order valence-corrected chi connectivity index (χ4v) is 3.28. The van der Waals surface area contributed by atoms with Crippen molar-refractivity contribution < 1.29 is 14.2 Å². The van der Waals surface area contributed by atoms with E-state index in [2.05, 4.69) is 19.7 Å². The van der Waals surface area contributed by atoms with Gasteiger partial charge in [-0.1, -0.05) is 12.1 Å². The van der Waals surface area contributed by atoms with E-state index in [0.717, 1.165) is 27.9 Å². The highest BCUT2D eigenvalue weighted by Crippen LogP contribution is 2.41. The van der Waals surface area contributed by atoms with Crippen molar-refractivity contribution in [3.05, 3.63) is 42.6 Å². The van der Waals surface area contributed by atoms with Gasteiger partial charge in [0.05, 0.1) is 44.3 Å². The SMILES string of the molecule is CNc1nc2ccccc2n2c(-c3cc(OC)c(OC)c(OC)c3)cnc12. The van der Waals surface area contributed by atoms with E-state index < -0.39 is 0 Å². The number of imidazole rings is 1. The first-order chi connectivity index (χ1) is 13.2. The Morgan fingerprint density at radius 1 is 0.963 bits per heavy atom. The lowest BCUT2D eigenvalue weighted by molar-refractivity contribution is 0.324. The van der Waals surface area contributed by atoms with Gasteiger partial charge in [0.25, 0.3) is 0 Å². The van der Waals surface area contributed by atoms with Gasteiger partial charge in [0.1, 0.15) is 0 Å². The van der Waals surface area contributed by atoms with Crippen molar-refractivity contribution in [1.82, 2.24) is 14.4 Å². The largest absolute Gasteiger partial charge is 0.493 e. The number of ether oxygens (including phenoxy) is 3. The predicted octanol–water partition coefficient (Wildman–Crippen LogP) is 3.62. The number of aromatic nitrogens is 3. The third-order valence-corrected chi connectivity index (χ3v) is 4.53. The zero-order valence-corrected chi connectivity index (χ0v) is 15.6. The van der Waals surface area contributed by atoms with Crippen LogP contribution in [0.15, 0.2) is 42.6 Å². The van der Waals surface area contributed by atoms with Crippen LogP contribution in [0.4, 0.5) is 5.82 Å². The Hall–Kier alpha value is -3.48. The molecule has 2 aromatic carbocycles. The maximum Gasteiger partial charge on any atom is 0.203 e. The Morgan fingerprint density at radius 3 is 2.30 bits per heavy atom. The van der Waals surface area contributed by atoms with Crippen LogP contribution in [-0.4, -0.2) is 42.7 Å². The fourth-order valence-electron chi connectivity index (χ4n) is 3.28. The van der Waals surface area contributed by atoms with Gasteiger partial charge in [-0.05, 0) is 24.3 Å². The number of fused-ring (bicyclic) bond motifs is 3. The van der Waals surface area contributed by atoms with E-state index in [0.29, 0.717) is 23.1 Å². The summed E-state index contributed by atoms with van der Waals surface area (Å²) in [4.78, 5) is 9.25. The zero-order chi connectivity index (χ0) is 19.0. The van der Waals surface area contributed by atoms with Gasteiger partial charge in [0, 0.05) is 12.6 Å². The van der Waals surface area contributed by atoms with Gasteiger partial charge in [0.2, 0.25) is 5.75 Å². The number of hydrogen-bond acceptors (Lipinski definition) is 6. The summed E-state index contributed by atoms with van der Waals surface area (Å²) in [5.74, 6) is 2.45. The van der Waals surface area contributed by atoms with E-state index in [9.17, 15) is 0 Å². The van der Waals surface area contributed by atoms with Crippen molar-refractivity contribution in [2.24, 2.45) is 0 Å². The molecular weight excluding hydrogens is 344 g/mol. The summed E-state index contributed by atoms with van der Waals surface area (Å²) < 4.78 is 18.5. The van der Waals surface area contributed by atoms with Crippen LogP contribution in [0.25, 0.3) is 27.9 Å². The molecule has 0 spiro atoms. The maximum atomic E-state index is 5.50. The molecule has 1 N–H and O–H groups in total. The predicted molar refractivity (Wildman–Crippen MR) is 105 cm³/mol. The molecule has 4 rings (SSSR count). The molecule has 7 nitrogen and oxygen atoms in total. The van der Waals surface area contributed by atoms with E-state index in [1.54, 1.807) is 21.3 Å². The Balaban J connectivity index is 2.07. The van der Waals surface area contributed by atoms with Crippen LogP contribution < -0.4 is 19.5 Å². The smallest absolute Gasteiger partial charge is 0.203 e. The fraction of sp³-hybridized carbons (Fsp3) is 0.200. The first-order valence-corrected chi connectivity index (χ1v) is 8.46. The average molecular weight is 364 g/mol. The molecule has 0 aliphatic heterocycles. The molecule has 0 radical (unpaired) electrons. The standard InChI is InChI=1S/C20H20N4O3/c1-21-19-20-22-11-15(24(20)14-8-6-5-7-13(14)23-19)12-9-16(25-2)18(27-4)17(10-12)26-3/h5-11H,1-4H3,(H,21,23). The minimum Gasteiger partial charge on any atom is -0.493 e. The Labute approximate surface area is 156 Å². The van der Waals surface area contributed by atoms with Gasteiger partial charge in [0.15, 0.2) is 23.0 Å². The molecule has 4 aromatic rings. The first kappa shape index (κ1) is 17.0. The maximum absolute atomic E-state index is 5.50. The number of benzene rings is 2. The van der Waals surface area contributed by atoms with Crippen LogP contribution >= 0.6 is 0 Å². The number of methoxy groups -OCH3 is 3. The Morgan fingerprint density at radius 2 is 1.67 bits per heavy atom. The van der Waals surface area contributed by atoms with Gasteiger partial charge in [-0.15, -0.1) is 0 Å². The van der Waals surface area contributed by atoms with Gasteiger partial charge in [-0.25, -0.2) is 9.97 Å². The number of para-hydroxylation sites is 2. The molecule has 0 aliphatic rings. The minimum atomic E-state index is 0.556. The van der Waals surface area contributed by atoms with Crippen LogP contribution in [0.5, 0.6) is 17.2 Å². The topological polar surface area (TPSA) is 69.9 Å². The van der Waals surface area contributed by atoms with Crippen LogP contribution in [0, 0.1) is 0 Å². The van der Waals surface area contributed by atoms with Gasteiger partial charge in [-0.3, -0.25) is 4.40 Å². The Bertz CT molecular complexity index is 1110. The number of nitrogens with one attached hydrogen (secondary N) is 1. The van der Waals surface area contributed by atoms with Crippen LogP contribution in [0.1, 0.15) is 0 Å². The molecule has 0 fully saturated rings. The number of hydrogen-bond donors (Lipinski definition) is 1. The molecular formula is C20H20N4O3. The summed E-state index contributed by atoms with van der Waals surface area (Å²) in [6.07, 6.45) is 1.82. The monoisotopic (exact) mass is 364 g/mol. The van der Waals surface area contributed by atoms with Crippen molar-refractivity contribution in [1.29, 1.82) is 0 Å². The normalized spacial score (nSPS) is 11.0. The molecule has 7 heteroatoms. The lowest BCUT2D eigenvalue weighted by Gasteiger charge is -2.15. The van der Waals surface area contributed by atoms with Crippen LogP contribution in [0.3, 0.4) is 0 Å². The summed E-state index contributed by atoms with van der Waals surface area (Å²) in [5.41, 5.74) is 4.39. The molecule has 0 atom stereocenters. The Kier molecular flexibility index (Phi) is 4.19. The molecule has 27 heavy (non-hydrogen) atoms. The average Bonchev–Trinajstić information content (AvgIpc) is 3.17. The number of rotatable bonds is 5. The molecule has 0 aliphatic carbocycles. The molecule has 0 amide bonds. The van der Waals surface area contributed by atoms with Gasteiger partial charge >= 0.3 is 0 Å². The first-order valence-electron chi connectivity index (χ1n) is 8.46. The summed E-state index contributed by atoms with van der Waals surface area (Å²) in [6, 6.07) is 11.8. The van der Waals surface area contributed by atoms with Crippen molar-refractivity contribution in [3.8, 4) is 28.5 Å². The van der Waals surface area contributed by atoms with Crippen molar-refractivity contribution in [3.63, 3.8) is 0 Å². The molecule has 0 saturated heterocycles. The van der Waals surface area contributed by atoms with Crippen molar-refractivity contribution >= 4 is 22.5 Å². The van der Waals surface area contributed by atoms with Crippen molar-refractivity contribution in [2.75, 3.05) is 33.7 Å². The van der Waals surface area contributed by atoms with Gasteiger partial charge < -0.3 is 19.5 Å². The van der Waals surface area contributed by atoms with Crippen LogP contribution in [-0.2, 0) is 0 Å². The van der Waals surface area contributed by atoms with Crippen LogP contribution in [0.2, 0.25) is 0 Å². The molecule has 0 saturated carbocycles. The number of anilines is 1. The third-order valence-electron chi connectivity index (χ3n) is 4.53. The zero-order valence-electron chi connectivity index (χ0n) is 15.6. The van der Waals surface area contributed by atoms with Crippen molar-refractivity contribution in [2.45, 2.75) is 0 Å². The lowest BCUT2D eigenvalue weighted by Crippen LogP contribution is -2.01. The second kappa shape index (κ2) is 6.68. The highest BCUT2D eigenvalue weighted by Gasteiger charge is 2.18. The molecule has 2 heterocycles. The lowest BCUT2D eigenvalue weighted by atomic mass is 10.1. The van der Waals surface area contributed by atoms with E-state index in [-0.39, 0.29) is 0 Å². The molecule has 0 unspecified atom stereocenters.